The number of rotatable bonds is 7. The zero-order valence-electron chi connectivity index (χ0n) is 23.4. The fourth-order valence-electron chi connectivity index (χ4n) is 5.57. The number of aliphatic hydroxyl groups is 3. The fourth-order valence-corrected chi connectivity index (χ4v) is 5.57. The number of allylic oxidation sites excluding steroid dienone is 4. The number of ether oxygens (including phenoxy) is 2. The van der Waals surface area contributed by atoms with Gasteiger partial charge in [0.15, 0.2) is 5.79 Å². The van der Waals surface area contributed by atoms with E-state index in [0.29, 0.717) is 25.8 Å². The van der Waals surface area contributed by atoms with Gasteiger partial charge in [0.05, 0.1) is 18.6 Å². The summed E-state index contributed by atoms with van der Waals surface area (Å²) in [5.41, 5.74) is 7.82. The maximum absolute atomic E-state index is 13.3. The molecule has 0 aromatic rings. The molecule has 2 heterocycles. The lowest BCUT2D eigenvalue weighted by molar-refractivity contribution is -0.291. The summed E-state index contributed by atoms with van der Waals surface area (Å²) in [7, 11) is 0. The summed E-state index contributed by atoms with van der Waals surface area (Å²) in [6.07, 6.45) is 7.62. The highest BCUT2D eigenvalue weighted by Crippen LogP contribution is 2.37. The van der Waals surface area contributed by atoms with Gasteiger partial charge in [-0.2, -0.15) is 0 Å². The highest BCUT2D eigenvalue weighted by Gasteiger charge is 2.46. The van der Waals surface area contributed by atoms with Crippen molar-refractivity contribution in [3.05, 3.63) is 35.5 Å². The lowest BCUT2D eigenvalue weighted by Gasteiger charge is -2.44. The molecule has 0 spiro atoms. The number of carbonyl (C=O) groups is 2. The van der Waals surface area contributed by atoms with E-state index in [4.69, 9.17) is 15.2 Å². The van der Waals surface area contributed by atoms with Crippen LogP contribution in [0.15, 0.2) is 35.5 Å². The van der Waals surface area contributed by atoms with Crippen LogP contribution in [0.3, 0.4) is 0 Å². The molecule has 0 saturated carbocycles. The largest absolute Gasteiger partial charge is 0.457 e. The van der Waals surface area contributed by atoms with Crippen LogP contribution >= 0.6 is 0 Å². The number of piperidine rings is 1. The zero-order chi connectivity index (χ0) is 28.2. The lowest BCUT2D eigenvalue weighted by atomic mass is 9.84. The molecule has 1 aliphatic carbocycles. The van der Waals surface area contributed by atoms with E-state index < -0.39 is 42.3 Å². The SMILES string of the molecule is CC(=C\C1C=CC(O)C(O)C1)/C=C(\C)C(C)OC(=O)C1CCCCN1C(=O)CC1(O)OC(N)C(C)CC1C. The molecule has 2 fully saturated rings. The van der Waals surface area contributed by atoms with Gasteiger partial charge in [0.1, 0.15) is 18.4 Å². The Balaban J connectivity index is 1.62. The van der Waals surface area contributed by atoms with Crippen molar-refractivity contribution in [3.63, 3.8) is 0 Å². The molecule has 2 saturated heterocycles. The van der Waals surface area contributed by atoms with Crippen LogP contribution in [0.5, 0.6) is 0 Å². The van der Waals surface area contributed by atoms with Crippen molar-refractivity contribution in [2.24, 2.45) is 23.5 Å². The Kier molecular flexibility index (Phi) is 10.3. The van der Waals surface area contributed by atoms with E-state index in [-0.39, 0.29) is 30.1 Å². The Morgan fingerprint density at radius 3 is 2.61 bits per heavy atom. The third kappa shape index (κ3) is 7.54. The maximum Gasteiger partial charge on any atom is 0.329 e. The number of nitrogens with zero attached hydrogens (tertiary/aromatic N) is 1. The Morgan fingerprint density at radius 1 is 1.21 bits per heavy atom. The molecule has 0 aromatic heterocycles. The Labute approximate surface area is 226 Å². The Hall–Kier alpha value is -2.04. The third-order valence-electron chi connectivity index (χ3n) is 8.23. The molecule has 9 nitrogen and oxygen atoms in total. The number of aliphatic hydroxyl groups excluding tert-OH is 2. The van der Waals surface area contributed by atoms with E-state index >= 15 is 0 Å². The minimum absolute atomic E-state index is 0.0144. The standard InChI is InChI=1S/C29H46N2O7/c1-17(13-22-9-10-24(32)25(33)15-22)12-18(2)21(5)37-28(35)23-8-6-7-11-31(23)26(34)16-29(36)20(4)14-19(3)27(30)38-29/h9-10,12-13,19-25,27,32-33,36H,6-8,11,14-16,30H2,1-5H3/b17-13+,18-12+. The molecule has 0 radical (unpaired) electrons. The molecular formula is C29H46N2O7. The number of carbonyl (C=O) groups excluding carboxylic acids is 2. The van der Waals surface area contributed by atoms with Gasteiger partial charge >= 0.3 is 5.97 Å². The number of hydrogen-bond donors (Lipinski definition) is 4. The van der Waals surface area contributed by atoms with Gasteiger partial charge in [0, 0.05) is 12.5 Å². The molecule has 5 N–H and O–H groups in total. The molecule has 0 aromatic carbocycles. The van der Waals surface area contributed by atoms with Crippen LogP contribution < -0.4 is 5.73 Å². The van der Waals surface area contributed by atoms with Gasteiger partial charge in [0.2, 0.25) is 5.91 Å². The fraction of sp³-hybridized carbons (Fsp3) is 0.724. The average molecular weight is 535 g/mol. The monoisotopic (exact) mass is 534 g/mol. The zero-order valence-corrected chi connectivity index (χ0v) is 23.4. The molecule has 3 rings (SSSR count). The van der Waals surface area contributed by atoms with Gasteiger partial charge in [0.25, 0.3) is 0 Å². The van der Waals surface area contributed by atoms with E-state index in [1.54, 1.807) is 13.0 Å². The Bertz CT molecular complexity index is 947. The first kappa shape index (κ1) is 30.5. The first-order chi connectivity index (χ1) is 17.8. The molecule has 214 valence electrons. The summed E-state index contributed by atoms with van der Waals surface area (Å²) >= 11 is 0. The summed E-state index contributed by atoms with van der Waals surface area (Å²) in [6.45, 7) is 9.85. The molecule has 38 heavy (non-hydrogen) atoms. The molecule has 1 amide bonds. The van der Waals surface area contributed by atoms with Crippen LogP contribution in [0.4, 0.5) is 0 Å². The lowest BCUT2D eigenvalue weighted by Crippen LogP contribution is -2.57. The van der Waals surface area contributed by atoms with Crippen LogP contribution in [0, 0.1) is 17.8 Å². The first-order valence-corrected chi connectivity index (χ1v) is 13.9. The predicted octanol–water partition coefficient (Wildman–Crippen LogP) is 2.55. The van der Waals surface area contributed by atoms with Crippen LogP contribution in [-0.4, -0.2) is 75.0 Å². The van der Waals surface area contributed by atoms with Crippen LogP contribution in [-0.2, 0) is 19.1 Å². The Morgan fingerprint density at radius 2 is 1.92 bits per heavy atom. The molecule has 9 atom stereocenters. The number of nitrogens with two attached hydrogens (primary N) is 1. The third-order valence-corrected chi connectivity index (χ3v) is 8.23. The summed E-state index contributed by atoms with van der Waals surface area (Å²) < 4.78 is 11.5. The highest BCUT2D eigenvalue weighted by molar-refractivity contribution is 5.85. The van der Waals surface area contributed by atoms with Crippen molar-refractivity contribution in [2.75, 3.05) is 6.54 Å². The maximum atomic E-state index is 13.3. The second-order valence-corrected chi connectivity index (χ2v) is 11.5. The minimum Gasteiger partial charge on any atom is -0.457 e. The van der Waals surface area contributed by atoms with Gasteiger partial charge in [-0.1, -0.05) is 43.7 Å². The minimum atomic E-state index is -1.66. The van der Waals surface area contributed by atoms with E-state index in [1.165, 1.54) is 4.90 Å². The average Bonchev–Trinajstić information content (AvgIpc) is 2.85. The van der Waals surface area contributed by atoms with Gasteiger partial charge in [-0.15, -0.1) is 0 Å². The smallest absolute Gasteiger partial charge is 0.329 e. The van der Waals surface area contributed by atoms with Crippen LogP contribution in [0.2, 0.25) is 0 Å². The van der Waals surface area contributed by atoms with Crippen molar-refractivity contribution in [1.29, 1.82) is 0 Å². The first-order valence-electron chi connectivity index (χ1n) is 13.9. The van der Waals surface area contributed by atoms with Crippen LogP contribution in [0.1, 0.15) is 73.1 Å². The number of likely N-dealkylation sites (tertiary alicyclic amines) is 1. The van der Waals surface area contributed by atoms with Crippen LogP contribution in [0.25, 0.3) is 0 Å². The van der Waals surface area contributed by atoms with E-state index in [0.717, 1.165) is 24.0 Å². The summed E-state index contributed by atoms with van der Waals surface area (Å²) in [4.78, 5) is 28.0. The van der Waals surface area contributed by atoms with Crippen molar-refractivity contribution in [1.82, 2.24) is 4.90 Å². The highest BCUT2D eigenvalue weighted by atomic mass is 16.6. The normalized spacial score (nSPS) is 37.6. The molecule has 2 aliphatic heterocycles. The van der Waals surface area contributed by atoms with Crippen molar-refractivity contribution in [3.8, 4) is 0 Å². The van der Waals surface area contributed by atoms with Crippen molar-refractivity contribution >= 4 is 11.9 Å². The topological polar surface area (TPSA) is 143 Å². The molecule has 9 unspecified atom stereocenters. The summed E-state index contributed by atoms with van der Waals surface area (Å²) in [5.74, 6) is -2.63. The van der Waals surface area contributed by atoms with E-state index in [9.17, 15) is 24.9 Å². The van der Waals surface area contributed by atoms with Gasteiger partial charge < -0.3 is 35.4 Å². The van der Waals surface area contributed by atoms with E-state index in [1.807, 2.05) is 45.9 Å². The number of amides is 1. The summed E-state index contributed by atoms with van der Waals surface area (Å²) in [5, 5.41) is 30.6. The number of hydrogen-bond acceptors (Lipinski definition) is 8. The quantitative estimate of drug-likeness (QED) is 0.222. The second kappa shape index (κ2) is 12.9. The van der Waals surface area contributed by atoms with E-state index in [2.05, 4.69) is 0 Å². The van der Waals surface area contributed by atoms with Crippen molar-refractivity contribution < 1.29 is 34.4 Å². The molecule has 3 aliphatic rings. The second-order valence-electron chi connectivity index (χ2n) is 11.5. The molecule has 0 bridgehead atoms. The number of esters is 1. The van der Waals surface area contributed by atoms with Gasteiger partial charge in [-0.25, -0.2) is 4.79 Å². The molecule has 9 heteroatoms. The molecular weight excluding hydrogens is 488 g/mol. The van der Waals surface area contributed by atoms with Gasteiger partial charge in [-0.3, -0.25) is 4.79 Å². The predicted molar refractivity (Wildman–Crippen MR) is 143 cm³/mol. The summed E-state index contributed by atoms with van der Waals surface area (Å²) in [6, 6.07) is -0.710. The van der Waals surface area contributed by atoms with Gasteiger partial charge in [-0.05, 0) is 70.3 Å². The van der Waals surface area contributed by atoms with Crippen molar-refractivity contribution in [2.45, 2.75) is 110 Å².